The molecular formula is H3Fe2NaO4S. The summed E-state index contributed by atoms with van der Waals surface area (Å²) in [4.78, 5) is 0. The van der Waals surface area contributed by atoms with E-state index in [-0.39, 0.29) is 65.1 Å². The molecule has 0 aromatic carbocycles. The molecule has 0 bridgehead atoms. The molecule has 0 unspecified atom stereocenters. The fourth-order valence-corrected chi connectivity index (χ4v) is 0. The van der Waals surface area contributed by atoms with Crippen LogP contribution in [0.15, 0.2) is 0 Å². The molecule has 8 heteroatoms. The van der Waals surface area contributed by atoms with Gasteiger partial charge in [-0.25, -0.2) is 0 Å². The Hall–Kier alpha value is 1.91. The molecule has 0 saturated heterocycles. The van der Waals surface area contributed by atoms with Gasteiger partial charge in [-0.2, -0.15) is 8.42 Å². The van der Waals surface area contributed by atoms with Crippen molar-refractivity contribution in [3.8, 4) is 0 Å². The van der Waals surface area contributed by atoms with E-state index in [4.69, 9.17) is 17.5 Å². The number of hydrogen-bond acceptors (Lipinski definition) is 2. The zero-order valence-electron chi connectivity index (χ0n) is 4.83. The summed E-state index contributed by atoms with van der Waals surface area (Å²) in [7, 11) is -4.67. The molecule has 2 N–H and O–H groups in total. The van der Waals surface area contributed by atoms with Gasteiger partial charge in [-0.15, -0.1) is 0 Å². The zero-order valence-corrected chi connectivity index (χ0v) is 8.85. The average Bonchev–Trinajstić information content (AvgIpc) is 0.722. The molecule has 0 aromatic heterocycles. The smallest absolute Gasteiger partial charge is 1.00 e. The van der Waals surface area contributed by atoms with Crippen molar-refractivity contribution in [2.75, 3.05) is 0 Å². The SMILES string of the molecule is O=S(=O)(O)O.[Fe].[Fe].[H-].[Na+]. The van der Waals surface area contributed by atoms with Crippen LogP contribution in [0.5, 0.6) is 0 Å². The van der Waals surface area contributed by atoms with Crippen molar-refractivity contribution in [3.05, 3.63) is 0 Å². The van der Waals surface area contributed by atoms with E-state index in [0.29, 0.717) is 0 Å². The van der Waals surface area contributed by atoms with Crippen molar-refractivity contribution < 1.29 is 82.6 Å². The number of hydrogen-bond donors (Lipinski definition) is 2. The predicted octanol–water partition coefficient (Wildman–Crippen LogP) is -3.54. The Bertz CT molecular complexity index is 102. The van der Waals surface area contributed by atoms with Gasteiger partial charge in [0.2, 0.25) is 0 Å². The van der Waals surface area contributed by atoms with Crippen LogP contribution in [0.25, 0.3) is 0 Å². The minimum Gasteiger partial charge on any atom is -1.00 e. The van der Waals surface area contributed by atoms with Crippen LogP contribution in [-0.4, -0.2) is 17.5 Å². The zero-order chi connectivity index (χ0) is 4.50. The molecule has 8 heavy (non-hydrogen) atoms. The molecule has 0 spiro atoms. The first-order valence-corrected chi connectivity index (χ1v) is 2.10. The molecule has 0 aliphatic rings. The Labute approximate surface area is 92.1 Å². The van der Waals surface area contributed by atoms with Gasteiger partial charge in [0, 0.05) is 34.1 Å². The second-order valence-electron chi connectivity index (χ2n) is 0.448. The predicted molar refractivity (Wildman–Crippen MR) is 15.3 cm³/mol. The largest absolute Gasteiger partial charge is 1.00 e. The van der Waals surface area contributed by atoms with Gasteiger partial charge in [0.1, 0.15) is 0 Å². The number of rotatable bonds is 0. The summed E-state index contributed by atoms with van der Waals surface area (Å²) in [5.74, 6) is 0. The molecule has 4 nitrogen and oxygen atoms in total. The van der Waals surface area contributed by atoms with E-state index in [1.54, 1.807) is 0 Å². The summed E-state index contributed by atoms with van der Waals surface area (Å²) in [6, 6.07) is 0. The van der Waals surface area contributed by atoms with Gasteiger partial charge in [-0.05, 0) is 0 Å². The van der Waals surface area contributed by atoms with Crippen LogP contribution in [0.4, 0.5) is 0 Å². The normalized spacial score (nSPS) is 7.25. The van der Waals surface area contributed by atoms with E-state index in [0.717, 1.165) is 0 Å². The molecule has 0 aromatic rings. The van der Waals surface area contributed by atoms with Gasteiger partial charge >= 0.3 is 40.0 Å². The second-order valence-corrected chi connectivity index (χ2v) is 1.34. The van der Waals surface area contributed by atoms with Gasteiger partial charge in [-0.3, -0.25) is 9.11 Å². The van der Waals surface area contributed by atoms with E-state index in [9.17, 15) is 0 Å². The van der Waals surface area contributed by atoms with Crippen molar-refractivity contribution in [2.24, 2.45) is 0 Å². The van der Waals surface area contributed by atoms with Gasteiger partial charge in [-0.1, -0.05) is 0 Å². The van der Waals surface area contributed by atoms with Crippen LogP contribution in [0.1, 0.15) is 1.43 Å². The topological polar surface area (TPSA) is 74.6 Å². The molecule has 0 fully saturated rings. The van der Waals surface area contributed by atoms with Gasteiger partial charge in [0.25, 0.3) is 0 Å². The Morgan fingerprint density at radius 2 is 1.12 bits per heavy atom. The Kier molecular flexibility index (Phi) is 25.1. The molecular weight excluding hydrogens is 231 g/mol. The van der Waals surface area contributed by atoms with Crippen LogP contribution in [0.2, 0.25) is 0 Å². The van der Waals surface area contributed by atoms with Crippen molar-refractivity contribution in [2.45, 2.75) is 0 Å². The third-order valence-corrected chi connectivity index (χ3v) is 0. The minimum atomic E-state index is -4.67. The quantitative estimate of drug-likeness (QED) is 0.336. The fraction of sp³-hybridized carbons (Fsp3) is 0. The Morgan fingerprint density at radius 3 is 1.12 bits per heavy atom. The maximum atomic E-state index is 8.74. The summed E-state index contributed by atoms with van der Waals surface area (Å²) in [6.45, 7) is 0. The first kappa shape index (κ1) is 22.5. The molecule has 0 saturated carbocycles. The van der Waals surface area contributed by atoms with Crippen molar-refractivity contribution >= 4 is 10.4 Å². The standard InChI is InChI=1S/2Fe.Na.H2O4S.H/c;;;1-5(2,3)4;/h;;;(H2,1,2,3,4);/q;;+1;;-1. The van der Waals surface area contributed by atoms with E-state index < -0.39 is 10.4 Å². The minimum absolute atomic E-state index is 0. The van der Waals surface area contributed by atoms with E-state index in [1.165, 1.54) is 0 Å². The third kappa shape index (κ3) is 104. The molecule has 0 atom stereocenters. The third-order valence-electron chi connectivity index (χ3n) is 0. The second kappa shape index (κ2) is 8.91. The fourth-order valence-electron chi connectivity index (χ4n) is 0. The monoisotopic (exact) mass is 234 g/mol. The van der Waals surface area contributed by atoms with E-state index in [2.05, 4.69) is 0 Å². The summed E-state index contributed by atoms with van der Waals surface area (Å²) >= 11 is 0. The molecule has 0 radical (unpaired) electrons. The summed E-state index contributed by atoms with van der Waals surface area (Å²) < 4.78 is 31.6. The van der Waals surface area contributed by atoms with Crippen molar-refractivity contribution in [3.63, 3.8) is 0 Å². The summed E-state index contributed by atoms with van der Waals surface area (Å²) in [5, 5.41) is 0. The Morgan fingerprint density at radius 1 is 1.12 bits per heavy atom. The van der Waals surface area contributed by atoms with Crippen molar-refractivity contribution in [1.82, 2.24) is 0 Å². The molecule has 0 aliphatic heterocycles. The summed E-state index contributed by atoms with van der Waals surface area (Å²) in [5.41, 5.74) is 0. The van der Waals surface area contributed by atoms with Crippen LogP contribution in [0, 0.1) is 0 Å². The first-order chi connectivity index (χ1) is 2.00. The van der Waals surface area contributed by atoms with Crippen molar-refractivity contribution in [1.29, 1.82) is 0 Å². The average molecular weight is 234 g/mol. The van der Waals surface area contributed by atoms with E-state index in [1.807, 2.05) is 0 Å². The van der Waals surface area contributed by atoms with Crippen LogP contribution in [-0.2, 0) is 44.5 Å². The van der Waals surface area contributed by atoms with Gasteiger partial charge in [0.05, 0.1) is 0 Å². The van der Waals surface area contributed by atoms with E-state index >= 15 is 0 Å². The van der Waals surface area contributed by atoms with Gasteiger partial charge in [0.15, 0.2) is 0 Å². The van der Waals surface area contributed by atoms with Crippen LogP contribution in [0.3, 0.4) is 0 Å². The maximum absolute atomic E-state index is 8.74. The maximum Gasteiger partial charge on any atom is 1.00 e. The van der Waals surface area contributed by atoms with Crippen LogP contribution < -0.4 is 29.6 Å². The summed E-state index contributed by atoms with van der Waals surface area (Å²) in [6.07, 6.45) is 0. The molecule has 0 rings (SSSR count). The Balaban J connectivity index is -0.0000000133. The molecule has 0 amide bonds. The van der Waals surface area contributed by atoms with Gasteiger partial charge < -0.3 is 1.43 Å². The van der Waals surface area contributed by atoms with Crippen LogP contribution >= 0.6 is 0 Å². The molecule has 0 heterocycles. The molecule has 50 valence electrons. The first-order valence-electron chi connectivity index (χ1n) is 0.698. The molecule has 0 aliphatic carbocycles.